The summed E-state index contributed by atoms with van der Waals surface area (Å²) in [4.78, 5) is 10.7. The Morgan fingerprint density at radius 2 is 2.11 bits per heavy atom. The lowest BCUT2D eigenvalue weighted by Gasteiger charge is -2.40. The third-order valence-electron chi connectivity index (χ3n) is 6.46. The number of fused-ring (bicyclic) bond motifs is 1. The fraction of sp³-hybridized carbons (Fsp3) is 0.619. The van der Waals surface area contributed by atoms with Gasteiger partial charge in [-0.25, -0.2) is 9.67 Å². The molecule has 3 aliphatic rings. The van der Waals surface area contributed by atoms with E-state index >= 15 is 0 Å². The first-order chi connectivity index (χ1) is 13.7. The van der Waals surface area contributed by atoms with Gasteiger partial charge in [-0.3, -0.25) is 10.3 Å². The summed E-state index contributed by atoms with van der Waals surface area (Å²) in [5.41, 5.74) is 7.03. The fourth-order valence-corrected chi connectivity index (χ4v) is 4.76. The molecule has 2 N–H and O–H groups in total. The third-order valence-corrected chi connectivity index (χ3v) is 6.46. The Balaban J connectivity index is 1.52. The van der Waals surface area contributed by atoms with Gasteiger partial charge in [0, 0.05) is 44.3 Å². The Morgan fingerprint density at radius 3 is 2.86 bits per heavy atom. The van der Waals surface area contributed by atoms with Crippen LogP contribution in [0.1, 0.15) is 57.4 Å². The van der Waals surface area contributed by atoms with E-state index in [0.717, 1.165) is 47.4 Å². The smallest absolute Gasteiger partial charge is 0.159 e. The van der Waals surface area contributed by atoms with Gasteiger partial charge in [-0.15, -0.1) is 0 Å². The summed E-state index contributed by atoms with van der Waals surface area (Å²) < 4.78 is 7.39. The molecule has 1 spiro atoms. The number of hydroxylamine groups is 1. The van der Waals surface area contributed by atoms with Gasteiger partial charge in [0.25, 0.3) is 0 Å². The summed E-state index contributed by atoms with van der Waals surface area (Å²) >= 11 is 0. The van der Waals surface area contributed by atoms with Crippen LogP contribution in [0.3, 0.4) is 0 Å². The molecule has 2 aromatic heterocycles. The molecule has 5 rings (SSSR count). The van der Waals surface area contributed by atoms with E-state index in [9.17, 15) is 0 Å². The van der Waals surface area contributed by atoms with E-state index in [-0.39, 0.29) is 11.7 Å². The van der Waals surface area contributed by atoms with Gasteiger partial charge in [-0.05, 0) is 25.8 Å². The van der Waals surface area contributed by atoms with Crippen molar-refractivity contribution in [2.45, 2.75) is 76.2 Å². The molecular weight excluding hydrogens is 354 g/mol. The van der Waals surface area contributed by atoms with Crippen LogP contribution in [0, 0.1) is 0 Å². The third kappa shape index (κ3) is 2.97. The van der Waals surface area contributed by atoms with Crippen LogP contribution < -0.4 is 10.8 Å². The van der Waals surface area contributed by atoms with Crippen LogP contribution in [0.25, 0.3) is 16.7 Å². The number of methoxy groups -OCH3 is 1. The predicted octanol–water partition coefficient (Wildman–Crippen LogP) is 3.62. The van der Waals surface area contributed by atoms with Crippen molar-refractivity contribution in [3.05, 3.63) is 24.0 Å². The number of aryl methyl sites for hydroxylation is 1. The molecule has 2 aliphatic carbocycles. The Kier molecular flexibility index (Phi) is 4.51. The average Bonchev–Trinajstić information content (AvgIpc) is 3.32. The first-order valence-corrected chi connectivity index (χ1v) is 10.5. The summed E-state index contributed by atoms with van der Waals surface area (Å²) in [5.74, 6) is 0. The SMILES string of the molecule is CCn1ncc2c(NC3CCCCC3)c(C3=CC4(CC(OC)C4)ON3)cnc21. The van der Waals surface area contributed by atoms with Gasteiger partial charge in [0.05, 0.1) is 29.1 Å². The standard InChI is InChI=1S/C21H29N5O2/c1-3-26-20-17(13-23-26)19(24-14-7-5-4-6-8-14)16(12-22-20)18-11-21(28-25-18)9-15(10-21)27-2/h11-15,25H,3-10H2,1-2H3,(H,22,24). The minimum Gasteiger partial charge on any atom is -0.381 e. The van der Waals surface area contributed by atoms with Crippen LogP contribution in [-0.4, -0.2) is 39.6 Å². The zero-order valence-corrected chi connectivity index (χ0v) is 16.7. The molecule has 7 nitrogen and oxygen atoms in total. The average molecular weight is 383 g/mol. The van der Waals surface area contributed by atoms with Gasteiger partial charge in [-0.1, -0.05) is 19.3 Å². The van der Waals surface area contributed by atoms with Crippen molar-refractivity contribution in [3.8, 4) is 0 Å². The molecule has 3 heterocycles. The molecule has 0 bridgehead atoms. The topological polar surface area (TPSA) is 73.2 Å². The van der Waals surface area contributed by atoms with Crippen LogP contribution in [0.4, 0.5) is 5.69 Å². The Labute approximate surface area is 165 Å². The van der Waals surface area contributed by atoms with Crippen LogP contribution in [0.5, 0.6) is 0 Å². The quantitative estimate of drug-likeness (QED) is 0.822. The van der Waals surface area contributed by atoms with Crippen LogP contribution in [0.15, 0.2) is 18.5 Å². The monoisotopic (exact) mass is 383 g/mol. The number of hydrogen-bond acceptors (Lipinski definition) is 6. The molecule has 2 aromatic rings. The summed E-state index contributed by atoms with van der Waals surface area (Å²) in [5, 5.41) is 9.45. The molecule has 0 atom stereocenters. The molecule has 2 saturated carbocycles. The second kappa shape index (κ2) is 7.04. The number of anilines is 1. The molecule has 0 radical (unpaired) electrons. The van der Waals surface area contributed by atoms with Crippen molar-refractivity contribution in [1.82, 2.24) is 20.2 Å². The fourth-order valence-electron chi connectivity index (χ4n) is 4.76. The van der Waals surface area contributed by atoms with E-state index < -0.39 is 0 Å². The summed E-state index contributed by atoms with van der Waals surface area (Å²) in [6.07, 6.45) is 14.5. The first-order valence-electron chi connectivity index (χ1n) is 10.5. The van der Waals surface area contributed by atoms with E-state index in [1.54, 1.807) is 7.11 Å². The van der Waals surface area contributed by atoms with Gasteiger partial charge in [0.1, 0.15) is 5.60 Å². The van der Waals surface area contributed by atoms with Crippen molar-refractivity contribution in [1.29, 1.82) is 0 Å². The molecule has 0 unspecified atom stereocenters. The zero-order chi connectivity index (χ0) is 19.1. The van der Waals surface area contributed by atoms with E-state index in [0.29, 0.717) is 6.04 Å². The minimum atomic E-state index is -0.249. The molecule has 0 saturated heterocycles. The summed E-state index contributed by atoms with van der Waals surface area (Å²) in [6, 6.07) is 0.501. The van der Waals surface area contributed by atoms with Crippen LogP contribution in [0.2, 0.25) is 0 Å². The predicted molar refractivity (Wildman–Crippen MR) is 109 cm³/mol. The largest absolute Gasteiger partial charge is 0.381 e. The normalized spacial score (nSPS) is 27.6. The number of aromatic nitrogens is 3. The lowest BCUT2D eigenvalue weighted by molar-refractivity contribution is -0.147. The molecule has 150 valence electrons. The summed E-state index contributed by atoms with van der Waals surface area (Å²) in [7, 11) is 1.76. The molecular formula is C21H29N5O2. The van der Waals surface area contributed by atoms with E-state index in [2.05, 4.69) is 28.9 Å². The minimum absolute atomic E-state index is 0.249. The van der Waals surface area contributed by atoms with E-state index in [1.165, 1.54) is 32.1 Å². The Bertz CT molecular complexity index is 894. The molecule has 1 aliphatic heterocycles. The van der Waals surface area contributed by atoms with Gasteiger partial charge in [-0.2, -0.15) is 5.10 Å². The van der Waals surface area contributed by atoms with Crippen molar-refractivity contribution in [2.75, 3.05) is 12.4 Å². The molecule has 0 amide bonds. The molecule has 28 heavy (non-hydrogen) atoms. The van der Waals surface area contributed by atoms with Crippen molar-refractivity contribution in [2.24, 2.45) is 0 Å². The summed E-state index contributed by atoms with van der Waals surface area (Å²) in [6.45, 7) is 2.90. The number of nitrogens with zero attached hydrogens (tertiary/aromatic N) is 3. The van der Waals surface area contributed by atoms with Crippen LogP contribution in [-0.2, 0) is 16.1 Å². The highest BCUT2D eigenvalue weighted by atomic mass is 16.7. The van der Waals surface area contributed by atoms with Gasteiger partial charge in [0.15, 0.2) is 5.65 Å². The number of hydrogen-bond donors (Lipinski definition) is 2. The Hall–Kier alpha value is -2.12. The molecule has 0 aromatic carbocycles. The highest BCUT2D eigenvalue weighted by Gasteiger charge is 2.48. The highest BCUT2D eigenvalue weighted by molar-refractivity contribution is 5.95. The van der Waals surface area contributed by atoms with E-state index in [4.69, 9.17) is 14.6 Å². The number of ether oxygens (including phenoxy) is 1. The highest BCUT2D eigenvalue weighted by Crippen LogP contribution is 2.44. The van der Waals surface area contributed by atoms with Gasteiger partial charge >= 0.3 is 0 Å². The number of nitrogens with one attached hydrogen (secondary N) is 2. The lowest BCUT2D eigenvalue weighted by Crippen LogP contribution is -2.47. The number of rotatable bonds is 5. The second-order valence-corrected chi connectivity index (χ2v) is 8.32. The Morgan fingerprint density at radius 1 is 1.29 bits per heavy atom. The van der Waals surface area contributed by atoms with E-state index in [1.807, 2.05) is 17.1 Å². The zero-order valence-electron chi connectivity index (χ0n) is 16.7. The van der Waals surface area contributed by atoms with Crippen molar-refractivity contribution < 1.29 is 9.57 Å². The van der Waals surface area contributed by atoms with Crippen molar-refractivity contribution in [3.63, 3.8) is 0 Å². The van der Waals surface area contributed by atoms with Gasteiger partial charge < -0.3 is 10.1 Å². The van der Waals surface area contributed by atoms with Crippen molar-refractivity contribution >= 4 is 22.4 Å². The maximum absolute atomic E-state index is 5.96. The lowest BCUT2D eigenvalue weighted by atomic mass is 9.77. The second-order valence-electron chi connectivity index (χ2n) is 8.32. The molecule has 7 heteroatoms. The maximum atomic E-state index is 5.96. The maximum Gasteiger partial charge on any atom is 0.159 e. The molecule has 2 fully saturated rings. The van der Waals surface area contributed by atoms with Gasteiger partial charge in [0.2, 0.25) is 0 Å². The first kappa shape index (κ1) is 17.9. The van der Waals surface area contributed by atoms with Crippen LogP contribution >= 0.6 is 0 Å². The number of pyridine rings is 1.